The van der Waals surface area contributed by atoms with Crippen LogP contribution in [-0.4, -0.2) is 17.7 Å². The van der Waals surface area contributed by atoms with E-state index in [1.54, 1.807) is 24.1 Å². The van der Waals surface area contributed by atoms with Crippen LogP contribution >= 0.6 is 39.1 Å². The highest BCUT2D eigenvalue weighted by atomic mass is 79.9. The summed E-state index contributed by atoms with van der Waals surface area (Å²) in [7, 11) is 1.80. The number of rotatable bonds is 4. The second kappa shape index (κ2) is 9.19. The molecule has 32 heavy (non-hydrogen) atoms. The van der Waals surface area contributed by atoms with Crippen LogP contribution in [0.15, 0.2) is 63.5 Å². The van der Waals surface area contributed by atoms with Crippen molar-refractivity contribution in [3.05, 3.63) is 84.7 Å². The first-order chi connectivity index (χ1) is 15.3. The van der Waals surface area contributed by atoms with Gasteiger partial charge in [-0.1, -0.05) is 45.2 Å². The number of ether oxygens (including phenoxy) is 1. The third-order valence-corrected chi connectivity index (χ3v) is 6.93. The van der Waals surface area contributed by atoms with Crippen LogP contribution in [0.4, 0.5) is 0 Å². The molecule has 0 unspecified atom stereocenters. The molecule has 0 bridgehead atoms. The predicted molar refractivity (Wildman–Crippen MR) is 128 cm³/mol. The third kappa shape index (κ3) is 4.13. The number of nitriles is 1. The Kier molecular flexibility index (Phi) is 6.52. The van der Waals surface area contributed by atoms with Crippen LogP contribution in [0.25, 0.3) is 0 Å². The molecule has 0 spiro atoms. The van der Waals surface area contributed by atoms with Crippen LogP contribution in [-0.2, 0) is 11.4 Å². The Labute approximate surface area is 205 Å². The summed E-state index contributed by atoms with van der Waals surface area (Å²) in [5, 5.41) is 11.0. The van der Waals surface area contributed by atoms with Crippen LogP contribution < -0.4 is 10.5 Å². The van der Waals surface area contributed by atoms with Crippen molar-refractivity contribution in [2.45, 2.75) is 31.8 Å². The van der Waals surface area contributed by atoms with Gasteiger partial charge in [0.15, 0.2) is 5.78 Å². The molecule has 2 N–H and O–H groups in total. The maximum atomic E-state index is 13.0. The van der Waals surface area contributed by atoms with Crippen LogP contribution in [0.5, 0.6) is 5.75 Å². The van der Waals surface area contributed by atoms with Crippen molar-refractivity contribution in [2.75, 3.05) is 7.05 Å². The Hall–Kier alpha value is -2.46. The fourth-order valence-electron chi connectivity index (χ4n) is 4.24. The van der Waals surface area contributed by atoms with Gasteiger partial charge in [-0.2, -0.15) is 5.26 Å². The lowest BCUT2D eigenvalue weighted by Crippen LogP contribution is -2.36. The fraction of sp³-hybridized carbons (Fsp3) is 0.250. The molecule has 0 fully saturated rings. The van der Waals surface area contributed by atoms with E-state index < -0.39 is 5.92 Å². The largest absolute Gasteiger partial charge is 0.489 e. The molecule has 1 aliphatic heterocycles. The van der Waals surface area contributed by atoms with Gasteiger partial charge in [0.25, 0.3) is 0 Å². The Morgan fingerprint density at radius 1 is 1.25 bits per heavy atom. The van der Waals surface area contributed by atoms with Crippen molar-refractivity contribution >= 4 is 44.9 Å². The average molecular weight is 533 g/mol. The van der Waals surface area contributed by atoms with Gasteiger partial charge in [-0.3, -0.25) is 4.79 Å². The molecular formula is C24H20BrCl2N3O2. The normalized spacial score (nSPS) is 18.5. The second-order valence-electron chi connectivity index (χ2n) is 7.75. The topological polar surface area (TPSA) is 79.3 Å². The lowest BCUT2D eigenvalue weighted by atomic mass is 9.75. The highest BCUT2D eigenvalue weighted by Crippen LogP contribution is 2.47. The van der Waals surface area contributed by atoms with Crippen molar-refractivity contribution in [1.29, 1.82) is 5.26 Å². The van der Waals surface area contributed by atoms with Gasteiger partial charge in [-0.25, -0.2) is 0 Å². The fourth-order valence-corrected chi connectivity index (χ4v) is 5.09. The van der Waals surface area contributed by atoms with Gasteiger partial charge in [0, 0.05) is 50.4 Å². The van der Waals surface area contributed by atoms with Crippen molar-refractivity contribution in [1.82, 2.24) is 4.90 Å². The van der Waals surface area contributed by atoms with Gasteiger partial charge < -0.3 is 15.4 Å². The first-order valence-corrected chi connectivity index (χ1v) is 11.6. The number of benzene rings is 2. The Morgan fingerprint density at radius 2 is 2.03 bits per heavy atom. The van der Waals surface area contributed by atoms with Gasteiger partial charge in [0.2, 0.25) is 0 Å². The molecule has 0 saturated carbocycles. The zero-order chi connectivity index (χ0) is 23.0. The summed E-state index contributed by atoms with van der Waals surface area (Å²) < 4.78 is 6.96. The maximum absolute atomic E-state index is 13.0. The number of Topliss-reactive ketones (excluding diaryl/α,β-unsaturated/α-hetero) is 1. The van der Waals surface area contributed by atoms with E-state index in [1.807, 2.05) is 24.3 Å². The van der Waals surface area contributed by atoms with Crippen molar-refractivity contribution in [2.24, 2.45) is 5.73 Å². The SMILES string of the molecule is CN1C(N)=C(C#N)[C@H](c2cc(Br)ccc2OCc2ccc(Cl)cc2Cl)C2=C1CCCC2=O. The summed E-state index contributed by atoms with van der Waals surface area (Å²) in [6.45, 7) is 0.207. The highest BCUT2D eigenvalue weighted by molar-refractivity contribution is 9.10. The molecule has 164 valence electrons. The minimum absolute atomic E-state index is 0.0371. The number of allylic oxidation sites excluding steroid dienone is 3. The highest BCUT2D eigenvalue weighted by Gasteiger charge is 2.39. The van der Waals surface area contributed by atoms with E-state index in [1.165, 1.54) is 0 Å². The Balaban J connectivity index is 1.81. The first-order valence-electron chi connectivity index (χ1n) is 10.1. The van der Waals surface area contributed by atoms with Gasteiger partial charge in [0.05, 0.1) is 17.6 Å². The molecule has 5 nitrogen and oxygen atoms in total. The van der Waals surface area contributed by atoms with Crippen molar-refractivity contribution < 1.29 is 9.53 Å². The summed E-state index contributed by atoms with van der Waals surface area (Å²) in [5.74, 6) is 0.361. The number of nitrogens with zero attached hydrogens (tertiary/aromatic N) is 2. The molecule has 0 aromatic heterocycles. The van der Waals surface area contributed by atoms with Crippen LogP contribution in [0.3, 0.4) is 0 Å². The number of carbonyl (C=O) groups is 1. The number of nitrogens with two attached hydrogens (primary N) is 1. The van der Waals surface area contributed by atoms with Crippen molar-refractivity contribution in [3.8, 4) is 11.8 Å². The van der Waals surface area contributed by atoms with Gasteiger partial charge in [0.1, 0.15) is 18.2 Å². The van der Waals surface area contributed by atoms with Crippen LogP contribution in [0.2, 0.25) is 10.0 Å². The number of hydrogen-bond acceptors (Lipinski definition) is 5. The summed E-state index contributed by atoms with van der Waals surface area (Å²) in [5.41, 5.74) is 9.67. The number of halogens is 3. The summed E-state index contributed by atoms with van der Waals surface area (Å²) in [6.07, 6.45) is 1.95. The molecule has 8 heteroatoms. The third-order valence-electron chi connectivity index (χ3n) is 5.85. The van der Waals surface area contributed by atoms with E-state index in [2.05, 4.69) is 22.0 Å². The lowest BCUT2D eigenvalue weighted by Gasteiger charge is -2.38. The van der Waals surface area contributed by atoms with E-state index in [0.29, 0.717) is 44.7 Å². The molecule has 1 atom stereocenters. The number of hydrogen-bond donors (Lipinski definition) is 1. The van der Waals surface area contributed by atoms with Gasteiger partial charge in [-0.05, 0) is 43.2 Å². The van der Waals surface area contributed by atoms with E-state index in [0.717, 1.165) is 28.6 Å². The van der Waals surface area contributed by atoms with Gasteiger partial charge >= 0.3 is 0 Å². The minimum atomic E-state index is -0.591. The smallest absolute Gasteiger partial charge is 0.161 e. The summed E-state index contributed by atoms with van der Waals surface area (Å²) >= 11 is 15.8. The maximum Gasteiger partial charge on any atom is 0.161 e. The molecule has 0 radical (unpaired) electrons. The van der Waals surface area contributed by atoms with Crippen LogP contribution in [0, 0.1) is 11.3 Å². The lowest BCUT2D eigenvalue weighted by molar-refractivity contribution is -0.116. The zero-order valence-corrected chi connectivity index (χ0v) is 20.4. The first kappa shape index (κ1) is 22.7. The molecule has 2 aromatic carbocycles. The zero-order valence-electron chi connectivity index (χ0n) is 17.3. The molecule has 0 saturated heterocycles. The quantitative estimate of drug-likeness (QED) is 0.517. The van der Waals surface area contributed by atoms with E-state index in [4.69, 9.17) is 33.7 Å². The Bertz CT molecular complexity index is 1220. The molecule has 1 aliphatic carbocycles. The standard InChI is InChI=1S/C24H20BrCl2N3O2/c1-30-19-3-2-4-20(31)23(19)22(17(11-28)24(30)29)16-9-14(25)6-8-21(16)32-12-13-5-7-15(26)10-18(13)27/h5-10,22H,2-4,12,29H2,1H3/t22-/m0/s1. The van der Waals surface area contributed by atoms with Crippen molar-refractivity contribution in [3.63, 3.8) is 0 Å². The summed E-state index contributed by atoms with van der Waals surface area (Å²) in [4.78, 5) is 14.8. The monoisotopic (exact) mass is 531 g/mol. The Morgan fingerprint density at radius 3 is 2.75 bits per heavy atom. The van der Waals surface area contributed by atoms with Gasteiger partial charge in [-0.15, -0.1) is 0 Å². The predicted octanol–water partition coefficient (Wildman–Crippen LogP) is 6.06. The molecule has 2 aromatic rings. The number of ketones is 1. The summed E-state index contributed by atoms with van der Waals surface area (Å²) in [6, 6.07) is 13.0. The molecule has 0 amide bonds. The molecule has 1 heterocycles. The van der Waals surface area contributed by atoms with E-state index in [9.17, 15) is 10.1 Å². The minimum Gasteiger partial charge on any atom is -0.489 e. The number of carbonyl (C=O) groups excluding carboxylic acids is 1. The van der Waals surface area contributed by atoms with Crippen LogP contribution in [0.1, 0.15) is 36.3 Å². The van der Waals surface area contributed by atoms with E-state index >= 15 is 0 Å². The average Bonchev–Trinajstić information content (AvgIpc) is 2.76. The molecular weight excluding hydrogens is 513 g/mol. The van der Waals surface area contributed by atoms with E-state index in [-0.39, 0.29) is 12.4 Å². The molecule has 4 rings (SSSR count). The molecule has 2 aliphatic rings. The second-order valence-corrected chi connectivity index (χ2v) is 9.51.